The van der Waals surface area contributed by atoms with Gasteiger partial charge in [-0.25, -0.2) is 0 Å². The van der Waals surface area contributed by atoms with Crippen molar-refractivity contribution < 1.29 is 4.42 Å². The van der Waals surface area contributed by atoms with Crippen molar-refractivity contribution in [2.75, 3.05) is 18.0 Å². The van der Waals surface area contributed by atoms with Crippen molar-refractivity contribution in [1.29, 1.82) is 0 Å². The van der Waals surface area contributed by atoms with Gasteiger partial charge in [0.1, 0.15) is 5.76 Å². The highest BCUT2D eigenvalue weighted by Gasteiger charge is 2.31. The van der Waals surface area contributed by atoms with Crippen molar-refractivity contribution in [2.45, 2.75) is 25.3 Å². The van der Waals surface area contributed by atoms with Crippen molar-refractivity contribution in [3.8, 4) is 0 Å². The zero-order valence-electron chi connectivity index (χ0n) is 11.3. The van der Waals surface area contributed by atoms with Crippen LogP contribution in [-0.4, -0.2) is 13.1 Å². The van der Waals surface area contributed by atoms with Crippen molar-refractivity contribution in [2.24, 2.45) is 5.73 Å². The van der Waals surface area contributed by atoms with Crippen molar-refractivity contribution >= 4 is 5.69 Å². The molecular formula is C16H20N2O. The van der Waals surface area contributed by atoms with E-state index in [2.05, 4.69) is 36.1 Å². The minimum absolute atomic E-state index is 0.263. The molecule has 0 saturated carbocycles. The van der Waals surface area contributed by atoms with Gasteiger partial charge in [-0.2, -0.15) is 0 Å². The zero-order valence-corrected chi connectivity index (χ0v) is 11.3. The summed E-state index contributed by atoms with van der Waals surface area (Å²) in [4.78, 5) is 2.43. The molecule has 0 amide bonds. The molecule has 100 valence electrons. The third-order valence-corrected chi connectivity index (χ3v) is 4.04. The molecule has 19 heavy (non-hydrogen) atoms. The Hall–Kier alpha value is -1.74. The van der Waals surface area contributed by atoms with Crippen LogP contribution in [-0.2, 0) is 0 Å². The predicted octanol–water partition coefficient (Wildman–Crippen LogP) is 3.29. The first-order valence-corrected chi connectivity index (χ1v) is 6.90. The van der Waals surface area contributed by atoms with E-state index in [0.717, 1.165) is 25.3 Å². The Balaban J connectivity index is 1.92. The Kier molecular flexibility index (Phi) is 3.30. The molecule has 2 aromatic rings. The molecule has 3 nitrogen and oxygen atoms in total. The van der Waals surface area contributed by atoms with Crippen LogP contribution in [0.2, 0.25) is 0 Å². The van der Waals surface area contributed by atoms with Crippen molar-refractivity contribution in [3.63, 3.8) is 0 Å². The predicted molar refractivity (Wildman–Crippen MR) is 77.3 cm³/mol. The normalized spacial score (nSPS) is 19.5. The maximum atomic E-state index is 5.74. The van der Waals surface area contributed by atoms with E-state index in [1.807, 2.05) is 12.1 Å². The van der Waals surface area contributed by atoms with Gasteiger partial charge in [0.05, 0.1) is 12.3 Å². The van der Waals surface area contributed by atoms with E-state index >= 15 is 0 Å². The summed E-state index contributed by atoms with van der Waals surface area (Å²) < 4.78 is 5.55. The molecule has 2 heterocycles. The molecule has 1 aromatic carbocycles. The van der Waals surface area contributed by atoms with Gasteiger partial charge in [0, 0.05) is 18.2 Å². The van der Waals surface area contributed by atoms with E-state index in [-0.39, 0.29) is 6.04 Å². The van der Waals surface area contributed by atoms with Gasteiger partial charge in [-0.1, -0.05) is 18.2 Å². The second-order valence-corrected chi connectivity index (χ2v) is 5.18. The van der Waals surface area contributed by atoms with Crippen LogP contribution in [0.4, 0.5) is 5.69 Å². The SMILES string of the molecule is CC(c1ccco1)N1CC(CCN)c2ccccc21. The number of para-hydroxylation sites is 1. The second kappa shape index (κ2) is 5.10. The third kappa shape index (κ3) is 2.15. The molecule has 3 heteroatoms. The minimum atomic E-state index is 0.263. The van der Waals surface area contributed by atoms with Crippen LogP contribution in [0, 0.1) is 0 Å². The van der Waals surface area contributed by atoms with E-state index in [0.29, 0.717) is 5.92 Å². The molecule has 1 aromatic heterocycles. The van der Waals surface area contributed by atoms with Crippen LogP contribution in [0.1, 0.15) is 36.6 Å². The molecule has 0 saturated heterocycles. The minimum Gasteiger partial charge on any atom is -0.467 e. The Morgan fingerprint density at radius 1 is 1.32 bits per heavy atom. The number of fused-ring (bicyclic) bond motifs is 1. The maximum Gasteiger partial charge on any atom is 0.125 e. The highest BCUT2D eigenvalue weighted by atomic mass is 16.3. The van der Waals surface area contributed by atoms with E-state index in [1.165, 1.54) is 11.3 Å². The average molecular weight is 256 g/mol. The first-order chi connectivity index (χ1) is 9.31. The van der Waals surface area contributed by atoms with Crippen molar-refractivity contribution in [3.05, 3.63) is 54.0 Å². The van der Waals surface area contributed by atoms with Gasteiger partial charge < -0.3 is 15.1 Å². The number of rotatable bonds is 4. The number of nitrogens with zero attached hydrogens (tertiary/aromatic N) is 1. The molecule has 1 aliphatic rings. The second-order valence-electron chi connectivity index (χ2n) is 5.18. The lowest BCUT2D eigenvalue weighted by Gasteiger charge is -2.26. The molecule has 0 bridgehead atoms. The summed E-state index contributed by atoms with van der Waals surface area (Å²) >= 11 is 0. The highest BCUT2D eigenvalue weighted by Crippen LogP contribution is 2.42. The van der Waals surface area contributed by atoms with Gasteiger partial charge in [0.25, 0.3) is 0 Å². The molecule has 0 spiro atoms. The quantitative estimate of drug-likeness (QED) is 0.912. The van der Waals surface area contributed by atoms with E-state index in [4.69, 9.17) is 10.2 Å². The number of hydrogen-bond acceptors (Lipinski definition) is 3. The molecular weight excluding hydrogens is 236 g/mol. The van der Waals surface area contributed by atoms with E-state index in [9.17, 15) is 0 Å². The Morgan fingerprint density at radius 2 is 2.16 bits per heavy atom. The molecule has 1 aliphatic heterocycles. The van der Waals surface area contributed by atoms with Crippen LogP contribution in [0.5, 0.6) is 0 Å². The fourth-order valence-corrected chi connectivity index (χ4v) is 3.03. The first-order valence-electron chi connectivity index (χ1n) is 6.90. The lowest BCUT2D eigenvalue weighted by Crippen LogP contribution is -2.25. The van der Waals surface area contributed by atoms with Crippen LogP contribution < -0.4 is 10.6 Å². The summed E-state index contributed by atoms with van der Waals surface area (Å²) in [6.07, 6.45) is 2.78. The monoisotopic (exact) mass is 256 g/mol. The van der Waals surface area contributed by atoms with Gasteiger partial charge in [-0.05, 0) is 43.7 Å². The van der Waals surface area contributed by atoms with Gasteiger partial charge >= 0.3 is 0 Å². The Labute approximate surface area is 114 Å². The summed E-state index contributed by atoms with van der Waals surface area (Å²) in [5, 5.41) is 0. The van der Waals surface area contributed by atoms with E-state index in [1.54, 1.807) is 6.26 Å². The van der Waals surface area contributed by atoms with Crippen molar-refractivity contribution in [1.82, 2.24) is 0 Å². The van der Waals surface area contributed by atoms with Gasteiger partial charge in [0.2, 0.25) is 0 Å². The smallest absolute Gasteiger partial charge is 0.125 e. The number of benzene rings is 1. The lowest BCUT2D eigenvalue weighted by molar-refractivity contribution is 0.460. The van der Waals surface area contributed by atoms with E-state index < -0.39 is 0 Å². The molecule has 0 fully saturated rings. The fraction of sp³-hybridized carbons (Fsp3) is 0.375. The lowest BCUT2D eigenvalue weighted by atomic mass is 9.98. The van der Waals surface area contributed by atoms with Gasteiger partial charge in [-0.3, -0.25) is 0 Å². The largest absolute Gasteiger partial charge is 0.467 e. The summed E-state index contributed by atoms with van der Waals surface area (Å²) in [5.41, 5.74) is 8.49. The number of anilines is 1. The summed E-state index contributed by atoms with van der Waals surface area (Å²) in [5.74, 6) is 1.56. The van der Waals surface area contributed by atoms with Gasteiger partial charge in [-0.15, -0.1) is 0 Å². The Bertz CT molecular complexity index is 535. The molecule has 0 radical (unpaired) electrons. The third-order valence-electron chi connectivity index (χ3n) is 4.04. The summed E-state index contributed by atoms with van der Waals surface area (Å²) in [6.45, 7) is 3.96. The zero-order chi connectivity index (χ0) is 13.2. The van der Waals surface area contributed by atoms with Crippen LogP contribution in [0.3, 0.4) is 0 Å². The molecule has 2 atom stereocenters. The van der Waals surface area contributed by atoms with Crippen LogP contribution in [0.25, 0.3) is 0 Å². The fourth-order valence-electron chi connectivity index (χ4n) is 3.03. The van der Waals surface area contributed by atoms with Gasteiger partial charge in [0.15, 0.2) is 0 Å². The topological polar surface area (TPSA) is 42.4 Å². The molecule has 0 aliphatic carbocycles. The molecule has 2 unspecified atom stereocenters. The number of furan rings is 1. The Morgan fingerprint density at radius 3 is 2.89 bits per heavy atom. The molecule has 2 N–H and O–H groups in total. The molecule has 3 rings (SSSR count). The maximum absolute atomic E-state index is 5.74. The van der Waals surface area contributed by atoms with Crippen LogP contribution in [0.15, 0.2) is 47.1 Å². The van der Waals surface area contributed by atoms with Crippen LogP contribution >= 0.6 is 0 Å². The number of hydrogen-bond donors (Lipinski definition) is 1. The number of nitrogens with two attached hydrogens (primary N) is 1. The highest BCUT2D eigenvalue weighted by molar-refractivity contribution is 5.61. The summed E-state index contributed by atoms with van der Waals surface area (Å²) in [6, 6.07) is 12.9. The average Bonchev–Trinajstić information content (AvgIpc) is 3.07. The standard InChI is InChI=1S/C16H20N2O/c1-12(16-7-4-10-19-16)18-11-13(8-9-17)14-5-2-3-6-15(14)18/h2-7,10,12-13H,8-9,11,17H2,1H3. The first kappa shape index (κ1) is 12.3. The summed E-state index contributed by atoms with van der Waals surface area (Å²) in [7, 11) is 0.